The topological polar surface area (TPSA) is 59.2 Å². The fourth-order valence-corrected chi connectivity index (χ4v) is 2.53. The fraction of sp³-hybridized carbons (Fsp3) is 0.0667. The molecule has 106 valence electrons. The van der Waals surface area contributed by atoms with E-state index in [1.807, 2.05) is 12.1 Å². The molecule has 6 heteroatoms. The highest BCUT2D eigenvalue weighted by Crippen LogP contribution is 2.30. The summed E-state index contributed by atoms with van der Waals surface area (Å²) >= 11 is 1.40. The zero-order valence-corrected chi connectivity index (χ0v) is 11.7. The molecule has 4 nitrogen and oxygen atoms in total. The number of benzene rings is 2. The van der Waals surface area contributed by atoms with E-state index in [1.165, 1.54) is 23.9 Å². The molecule has 0 aliphatic heterocycles. The number of para-hydroxylation sites is 1. The lowest BCUT2D eigenvalue weighted by atomic mass is 10.2. The number of hydrogen-bond acceptors (Lipinski definition) is 5. The van der Waals surface area contributed by atoms with Crippen molar-refractivity contribution in [2.24, 2.45) is 0 Å². The van der Waals surface area contributed by atoms with Crippen LogP contribution < -0.4 is 0 Å². The van der Waals surface area contributed by atoms with Crippen molar-refractivity contribution >= 4 is 11.8 Å². The summed E-state index contributed by atoms with van der Waals surface area (Å²) in [5.74, 6) is 1.16. The first-order chi connectivity index (χ1) is 10.2. The molecule has 0 saturated heterocycles. The van der Waals surface area contributed by atoms with Crippen molar-refractivity contribution in [2.45, 2.75) is 10.6 Å². The molecule has 0 bridgehead atoms. The molecule has 0 amide bonds. The second-order valence-corrected chi connectivity index (χ2v) is 5.28. The first kappa shape index (κ1) is 13.6. The lowest BCUT2D eigenvalue weighted by molar-refractivity contribution is 0.462. The summed E-state index contributed by atoms with van der Waals surface area (Å²) in [6.07, 6.45) is 0. The number of rotatable bonds is 4. The first-order valence-electron chi connectivity index (χ1n) is 6.21. The second kappa shape index (κ2) is 5.97. The second-order valence-electron chi connectivity index (χ2n) is 4.26. The van der Waals surface area contributed by atoms with Gasteiger partial charge in [-0.05, 0) is 36.4 Å². The van der Waals surface area contributed by atoms with Crippen molar-refractivity contribution in [1.29, 1.82) is 0 Å². The first-order valence-corrected chi connectivity index (χ1v) is 7.20. The molecule has 0 atom stereocenters. The maximum atomic E-state index is 12.9. The Hall–Kier alpha value is -2.34. The average Bonchev–Trinajstić information content (AvgIpc) is 2.96. The third kappa shape index (κ3) is 3.22. The van der Waals surface area contributed by atoms with Crippen LogP contribution in [0.3, 0.4) is 0 Å². The summed E-state index contributed by atoms with van der Waals surface area (Å²) in [4.78, 5) is 0.749. The molecular formula is C15H11FN2O2S. The van der Waals surface area contributed by atoms with Crippen LogP contribution in [0.5, 0.6) is 5.75 Å². The highest BCUT2D eigenvalue weighted by atomic mass is 32.2. The fourth-order valence-electron chi connectivity index (χ4n) is 1.74. The Morgan fingerprint density at radius 1 is 1.05 bits per heavy atom. The molecule has 3 aromatic rings. The van der Waals surface area contributed by atoms with E-state index in [0.29, 0.717) is 23.1 Å². The number of halogens is 1. The molecule has 21 heavy (non-hydrogen) atoms. The van der Waals surface area contributed by atoms with Gasteiger partial charge < -0.3 is 9.52 Å². The average molecular weight is 302 g/mol. The van der Waals surface area contributed by atoms with Crippen LogP contribution in [0.15, 0.2) is 57.8 Å². The van der Waals surface area contributed by atoms with Gasteiger partial charge in [0, 0.05) is 10.5 Å². The van der Waals surface area contributed by atoms with E-state index in [2.05, 4.69) is 10.2 Å². The largest absolute Gasteiger partial charge is 0.507 e. The van der Waals surface area contributed by atoms with Crippen LogP contribution in [-0.2, 0) is 5.75 Å². The Balaban J connectivity index is 1.71. The van der Waals surface area contributed by atoms with E-state index in [1.54, 1.807) is 24.3 Å². The van der Waals surface area contributed by atoms with Gasteiger partial charge in [0.1, 0.15) is 11.6 Å². The van der Waals surface area contributed by atoms with Crippen LogP contribution in [0.25, 0.3) is 11.5 Å². The van der Waals surface area contributed by atoms with Crippen LogP contribution in [0.2, 0.25) is 0 Å². The molecule has 0 saturated carbocycles. The molecule has 0 spiro atoms. The molecule has 0 unspecified atom stereocenters. The van der Waals surface area contributed by atoms with Crippen LogP contribution in [0.4, 0.5) is 4.39 Å². The van der Waals surface area contributed by atoms with E-state index in [-0.39, 0.29) is 11.6 Å². The Morgan fingerprint density at radius 3 is 2.57 bits per heavy atom. The molecule has 1 N–H and O–H groups in total. The Bertz CT molecular complexity index is 743. The van der Waals surface area contributed by atoms with E-state index in [4.69, 9.17) is 4.42 Å². The van der Waals surface area contributed by atoms with Crippen molar-refractivity contribution in [2.75, 3.05) is 0 Å². The SMILES string of the molecule is Oc1ccccc1SCc1nnc(-c2ccc(F)cc2)o1. The molecule has 0 aliphatic rings. The number of aromatic nitrogens is 2. The van der Waals surface area contributed by atoms with E-state index in [0.717, 1.165) is 4.90 Å². The van der Waals surface area contributed by atoms with Gasteiger partial charge in [-0.1, -0.05) is 12.1 Å². The predicted molar refractivity (Wildman–Crippen MR) is 77.4 cm³/mol. The molecule has 2 aromatic carbocycles. The minimum atomic E-state index is -0.311. The van der Waals surface area contributed by atoms with Crippen molar-refractivity contribution in [1.82, 2.24) is 10.2 Å². The Morgan fingerprint density at radius 2 is 1.81 bits per heavy atom. The minimum absolute atomic E-state index is 0.223. The number of thioether (sulfide) groups is 1. The summed E-state index contributed by atoms with van der Waals surface area (Å²) in [6, 6.07) is 12.9. The van der Waals surface area contributed by atoms with Gasteiger partial charge in [-0.25, -0.2) is 4.39 Å². The number of hydrogen-bond donors (Lipinski definition) is 1. The van der Waals surface area contributed by atoms with Gasteiger partial charge in [0.15, 0.2) is 0 Å². The van der Waals surface area contributed by atoms with Gasteiger partial charge in [0.05, 0.1) is 5.75 Å². The summed E-state index contributed by atoms with van der Waals surface area (Å²) in [6.45, 7) is 0. The monoisotopic (exact) mass is 302 g/mol. The Kier molecular flexibility index (Phi) is 3.87. The van der Waals surface area contributed by atoms with Crippen molar-refractivity contribution in [3.8, 4) is 17.2 Å². The van der Waals surface area contributed by atoms with Gasteiger partial charge in [0.2, 0.25) is 11.8 Å². The number of phenols is 1. The van der Waals surface area contributed by atoms with Crippen molar-refractivity contribution in [3.05, 3.63) is 60.2 Å². The molecule has 0 radical (unpaired) electrons. The summed E-state index contributed by atoms with van der Waals surface area (Å²) in [5.41, 5.74) is 0.669. The van der Waals surface area contributed by atoms with Crippen LogP contribution >= 0.6 is 11.8 Å². The van der Waals surface area contributed by atoms with Gasteiger partial charge in [0.25, 0.3) is 0 Å². The van der Waals surface area contributed by atoms with E-state index >= 15 is 0 Å². The third-order valence-electron chi connectivity index (χ3n) is 2.77. The number of aromatic hydroxyl groups is 1. The van der Waals surface area contributed by atoms with E-state index < -0.39 is 0 Å². The van der Waals surface area contributed by atoms with Crippen molar-refractivity contribution < 1.29 is 13.9 Å². The smallest absolute Gasteiger partial charge is 0.247 e. The molecule has 3 rings (SSSR count). The molecule has 0 fully saturated rings. The highest BCUT2D eigenvalue weighted by molar-refractivity contribution is 7.98. The van der Waals surface area contributed by atoms with Gasteiger partial charge in [-0.15, -0.1) is 22.0 Å². The molecule has 1 aromatic heterocycles. The number of nitrogens with zero attached hydrogens (tertiary/aromatic N) is 2. The maximum Gasteiger partial charge on any atom is 0.247 e. The minimum Gasteiger partial charge on any atom is -0.507 e. The predicted octanol–water partition coefficient (Wildman–Crippen LogP) is 3.87. The summed E-state index contributed by atoms with van der Waals surface area (Å²) < 4.78 is 18.4. The Labute approximate surface area is 124 Å². The van der Waals surface area contributed by atoms with Gasteiger partial charge in [-0.3, -0.25) is 0 Å². The molecular weight excluding hydrogens is 291 g/mol. The zero-order valence-electron chi connectivity index (χ0n) is 10.9. The van der Waals surface area contributed by atoms with Crippen LogP contribution in [0, 0.1) is 5.82 Å². The summed E-state index contributed by atoms with van der Waals surface area (Å²) in [5, 5.41) is 17.6. The lowest BCUT2D eigenvalue weighted by Crippen LogP contribution is -1.80. The highest BCUT2D eigenvalue weighted by Gasteiger charge is 2.10. The molecule has 0 aliphatic carbocycles. The van der Waals surface area contributed by atoms with E-state index in [9.17, 15) is 9.50 Å². The van der Waals surface area contributed by atoms with Gasteiger partial charge in [-0.2, -0.15) is 0 Å². The normalized spacial score (nSPS) is 10.7. The maximum absolute atomic E-state index is 12.9. The standard InChI is InChI=1S/C15H11FN2O2S/c16-11-7-5-10(6-8-11)15-18-17-14(20-15)9-21-13-4-2-1-3-12(13)19/h1-8,19H,9H2. The number of phenolic OH excluding ortho intramolecular Hbond substituents is 1. The zero-order chi connectivity index (χ0) is 14.7. The quantitative estimate of drug-likeness (QED) is 0.741. The summed E-state index contributed by atoms with van der Waals surface area (Å²) in [7, 11) is 0. The molecule has 1 heterocycles. The van der Waals surface area contributed by atoms with Crippen LogP contribution in [0.1, 0.15) is 5.89 Å². The van der Waals surface area contributed by atoms with Crippen molar-refractivity contribution in [3.63, 3.8) is 0 Å². The van der Waals surface area contributed by atoms with Gasteiger partial charge >= 0.3 is 0 Å². The third-order valence-corrected chi connectivity index (χ3v) is 3.82. The lowest BCUT2D eigenvalue weighted by Gasteiger charge is -2.00. The van der Waals surface area contributed by atoms with Crippen LogP contribution in [-0.4, -0.2) is 15.3 Å².